The number of aliphatic hydroxyl groups excluding tert-OH is 1. The van der Waals surface area contributed by atoms with Gasteiger partial charge in [-0.15, -0.1) is 0 Å². The highest BCUT2D eigenvalue weighted by Gasteiger charge is 2.23. The molecule has 0 aliphatic carbocycles. The molecule has 0 aliphatic rings. The van der Waals surface area contributed by atoms with Gasteiger partial charge in [0.25, 0.3) is 0 Å². The Balaban J connectivity index is 1.75. The van der Waals surface area contributed by atoms with Gasteiger partial charge in [0, 0.05) is 23.6 Å². The van der Waals surface area contributed by atoms with E-state index in [-0.39, 0.29) is 11.6 Å². The number of likely N-dealkylation sites (N-methyl/N-ethyl adjacent to an activating group) is 1. The second-order valence-corrected chi connectivity index (χ2v) is 7.11. The van der Waals surface area contributed by atoms with Crippen molar-refractivity contribution < 1.29 is 13.9 Å². The molecule has 4 aromatic rings. The van der Waals surface area contributed by atoms with Crippen molar-refractivity contribution in [2.75, 3.05) is 7.05 Å². The van der Waals surface area contributed by atoms with Gasteiger partial charge in [0.15, 0.2) is 0 Å². The molecule has 0 bridgehead atoms. The fourth-order valence-corrected chi connectivity index (χ4v) is 3.85. The SMILES string of the molecule is CNC(C(O)Cc1cccc(F)c1)n1cc(-c2cccc(F)c2)c2ccccc21. The molecule has 3 aromatic carbocycles. The van der Waals surface area contributed by atoms with Gasteiger partial charge in [-0.25, -0.2) is 8.78 Å². The van der Waals surface area contributed by atoms with Gasteiger partial charge < -0.3 is 9.67 Å². The Morgan fingerprint density at radius 3 is 2.38 bits per heavy atom. The zero-order chi connectivity index (χ0) is 20.4. The standard InChI is InChI=1S/C24H22F2N2O/c1-27-24(23(29)13-16-6-4-8-18(25)12-16)28-15-21(17-7-5-9-19(26)14-17)20-10-2-3-11-22(20)28/h2-12,14-15,23-24,27,29H,13H2,1H3. The van der Waals surface area contributed by atoms with Crippen LogP contribution in [0.5, 0.6) is 0 Å². The lowest BCUT2D eigenvalue weighted by Crippen LogP contribution is -2.35. The highest BCUT2D eigenvalue weighted by molar-refractivity contribution is 5.96. The molecule has 3 nitrogen and oxygen atoms in total. The number of benzene rings is 3. The number of para-hydroxylation sites is 1. The molecule has 2 N–H and O–H groups in total. The van der Waals surface area contributed by atoms with Crippen LogP contribution >= 0.6 is 0 Å². The number of aromatic nitrogens is 1. The number of fused-ring (bicyclic) bond motifs is 1. The summed E-state index contributed by atoms with van der Waals surface area (Å²) in [5, 5.41) is 15.1. The first-order valence-electron chi connectivity index (χ1n) is 9.52. The topological polar surface area (TPSA) is 37.2 Å². The number of rotatable bonds is 6. The summed E-state index contributed by atoms with van der Waals surface area (Å²) in [4.78, 5) is 0. The number of aliphatic hydroxyl groups is 1. The van der Waals surface area contributed by atoms with E-state index < -0.39 is 12.3 Å². The van der Waals surface area contributed by atoms with Crippen molar-refractivity contribution in [3.63, 3.8) is 0 Å². The third-order valence-electron chi connectivity index (χ3n) is 5.17. The third kappa shape index (κ3) is 3.92. The molecular formula is C24H22F2N2O. The van der Waals surface area contributed by atoms with E-state index in [2.05, 4.69) is 5.32 Å². The molecule has 0 saturated carbocycles. The predicted octanol–water partition coefficient (Wildman–Crippen LogP) is 4.91. The zero-order valence-corrected chi connectivity index (χ0v) is 16.0. The van der Waals surface area contributed by atoms with E-state index in [0.717, 1.165) is 27.6 Å². The summed E-state index contributed by atoms with van der Waals surface area (Å²) in [6.45, 7) is 0. The van der Waals surface area contributed by atoms with Crippen LogP contribution in [0.3, 0.4) is 0 Å². The van der Waals surface area contributed by atoms with Gasteiger partial charge in [-0.05, 0) is 48.5 Å². The second-order valence-electron chi connectivity index (χ2n) is 7.11. The van der Waals surface area contributed by atoms with Crippen molar-refractivity contribution in [2.24, 2.45) is 0 Å². The number of nitrogens with zero attached hydrogens (tertiary/aromatic N) is 1. The number of hydrogen-bond acceptors (Lipinski definition) is 2. The van der Waals surface area contributed by atoms with Crippen LogP contribution in [0.15, 0.2) is 79.0 Å². The lowest BCUT2D eigenvalue weighted by atomic mass is 10.1. The van der Waals surface area contributed by atoms with Crippen LogP contribution in [-0.4, -0.2) is 22.8 Å². The van der Waals surface area contributed by atoms with Crippen LogP contribution in [0.2, 0.25) is 0 Å². The van der Waals surface area contributed by atoms with E-state index in [1.807, 2.05) is 41.1 Å². The predicted molar refractivity (Wildman–Crippen MR) is 112 cm³/mol. The Bertz CT molecular complexity index is 1140. The largest absolute Gasteiger partial charge is 0.389 e. The molecule has 1 heterocycles. The molecule has 29 heavy (non-hydrogen) atoms. The first-order valence-corrected chi connectivity index (χ1v) is 9.52. The lowest BCUT2D eigenvalue weighted by Gasteiger charge is -2.25. The van der Waals surface area contributed by atoms with Gasteiger partial charge in [-0.1, -0.05) is 42.5 Å². The van der Waals surface area contributed by atoms with Crippen molar-refractivity contribution in [2.45, 2.75) is 18.7 Å². The van der Waals surface area contributed by atoms with Crippen LogP contribution in [-0.2, 0) is 6.42 Å². The average Bonchev–Trinajstić information content (AvgIpc) is 3.08. The van der Waals surface area contributed by atoms with Crippen molar-refractivity contribution in [3.8, 4) is 11.1 Å². The van der Waals surface area contributed by atoms with Gasteiger partial charge in [-0.3, -0.25) is 5.32 Å². The van der Waals surface area contributed by atoms with E-state index in [9.17, 15) is 13.9 Å². The van der Waals surface area contributed by atoms with E-state index in [0.29, 0.717) is 6.42 Å². The molecule has 0 radical (unpaired) electrons. The first kappa shape index (κ1) is 19.3. The Hall–Kier alpha value is -3.02. The molecule has 2 unspecified atom stereocenters. The molecule has 2 atom stereocenters. The molecule has 0 aliphatic heterocycles. The highest BCUT2D eigenvalue weighted by atomic mass is 19.1. The second kappa shape index (κ2) is 8.15. The third-order valence-corrected chi connectivity index (χ3v) is 5.17. The Labute approximate surface area is 168 Å². The first-order chi connectivity index (χ1) is 14.1. The minimum atomic E-state index is -0.794. The van der Waals surface area contributed by atoms with Gasteiger partial charge in [-0.2, -0.15) is 0 Å². The van der Waals surface area contributed by atoms with Crippen LogP contribution in [0, 0.1) is 11.6 Å². The quantitative estimate of drug-likeness (QED) is 0.489. The summed E-state index contributed by atoms with van der Waals surface area (Å²) >= 11 is 0. The van der Waals surface area contributed by atoms with Crippen LogP contribution in [0.4, 0.5) is 8.78 Å². The maximum atomic E-state index is 13.8. The van der Waals surface area contributed by atoms with Gasteiger partial charge in [0.05, 0.1) is 11.6 Å². The van der Waals surface area contributed by atoms with Crippen molar-refractivity contribution in [3.05, 3.63) is 96.2 Å². The Morgan fingerprint density at radius 1 is 0.931 bits per heavy atom. The van der Waals surface area contributed by atoms with Crippen molar-refractivity contribution in [1.82, 2.24) is 9.88 Å². The summed E-state index contributed by atoms with van der Waals surface area (Å²) in [5.41, 5.74) is 3.30. The molecule has 0 spiro atoms. The number of nitrogens with one attached hydrogen (secondary N) is 1. The van der Waals surface area contributed by atoms with E-state index in [4.69, 9.17) is 0 Å². The van der Waals surface area contributed by atoms with Crippen molar-refractivity contribution in [1.29, 1.82) is 0 Å². The van der Waals surface area contributed by atoms with Crippen LogP contribution in [0.25, 0.3) is 22.0 Å². The smallest absolute Gasteiger partial charge is 0.123 e. The van der Waals surface area contributed by atoms with Crippen LogP contribution in [0.1, 0.15) is 11.7 Å². The molecule has 1 aromatic heterocycles. The molecular weight excluding hydrogens is 370 g/mol. The summed E-state index contributed by atoms with van der Waals surface area (Å²) in [7, 11) is 1.77. The zero-order valence-electron chi connectivity index (χ0n) is 16.0. The summed E-state index contributed by atoms with van der Waals surface area (Å²) < 4.78 is 29.3. The van der Waals surface area contributed by atoms with Gasteiger partial charge in [0.2, 0.25) is 0 Å². The van der Waals surface area contributed by atoms with E-state index in [1.54, 1.807) is 25.2 Å². The van der Waals surface area contributed by atoms with Gasteiger partial charge >= 0.3 is 0 Å². The van der Waals surface area contributed by atoms with E-state index in [1.165, 1.54) is 24.3 Å². The Kier molecular flexibility index (Phi) is 5.43. The van der Waals surface area contributed by atoms with Crippen molar-refractivity contribution >= 4 is 10.9 Å². The summed E-state index contributed by atoms with van der Waals surface area (Å²) in [6, 6.07) is 20.5. The normalized spacial score (nSPS) is 13.5. The molecule has 148 valence electrons. The summed E-state index contributed by atoms with van der Waals surface area (Å²) in [6.07, 6.45) is 0.990. The highest BCUT2D eigenvalue weighted by Crippen LogP contribution is 2.33. The van der Waals surface area contributed by atoms with Gasteiger partial charge in [0.1, 0.15) is 17.8 Å². The molecule has 0 saturated heterocycles. The number of hydrogen-bond donors (Lipinski definition) is 2. The maximum absolute atomic E-state index is 13.8. The van der Waals surface area contributed by atoms with E-state index >= 15 is 0 Å². The minimum Gasteiger partial charge on any atom is -0.389 e. The molecule has 5 heteroatoms. The Morgan fingerprint density at radius 2 is 1.66 bits per heavy atom. The number of halogens is 2. The fourth-order valence-electron chi connectivity index (χ4n) is 3.85. The summed E-state index contributed by atoms with van der Waals surface area (Å²) in [5.74, 6) is -0.619. The minimum absolute atomic E-state index is 0.296. The molecule has 0 amide bonds. The molecule has 4 rings (SSSR count). The van der Waals surface area contributed by atoms with Crippen LogP contribution < -0.4 is 5.32 Å². The average molecular weight is 392 g/mol. The molecule has 0 fully saturated rings. The lowest BCUT2D eigenvalue weighted by molar-refractivity contribution is 0.100. The monoisotopic (exact) mass is 392 g/mol. The maximum Gasteiger partial charge on any atom is 0.123 e. The fraction of sp³-hybridized carbons (Fsp3) is 0.167.